The highest BCUT2D eigenvalue weighted by molar-refractivity contribution is 5.28. The van der Waals surface area contributed by atoms with Crippen LogP contribution in [-0.4, -0.2) is 51.5 Å². The standard InChI is InChI=1S/C26H33N3O3/c1-22-27-13-16-29(22)15-7-17-31-25-11-5-8-23(18-25)19-28-14-6-12-26(30,20-28)21-32-24-9-3-2-4-10-24/h2-5,8-11,13,16,18,30H,6-7,12,14-15,17,19-21H2,1H3. The molecule has 1 unspecified atom stereocenters. The predicted octanol–water partition coefficient (Wildman–Crippen LogP) is 4.07. The molecule has 0 bridgehead atoms. The maximum Gasteiger partial charge on any atom is 0.119 e. The van der Waals surface area contributed by atoms with Gasteiger partial charge in [-0.2, -0.15) is 0 Å². The Bertz CT molecular complexity index is 975. The van der Waals surface area contributed by atoms with Gasteiger partial charge in [-0.15, -0.1) is 0 Å². The number of β-amino-alcohol motifs (C(OH)–C–C–N with tert-alkyl or cyclic N) is 1. The lowest BCUT2D eigenvalue weighted by Gasteiger charge is -2.39. The number of piperidine rings is 1. The van der Waals surface area contributed by atoms with Crippen molar-refractivity contribution in [3.8, 4) is 11.5 Å². The molecule has 1 aromatic heterocycles. The van der Waals surface area contributed by atoms with E-state index in [9.17, 15) is 5.11 Å². The van der Waals surface area contributed by atoms with Crippen LogP contribution < -0.4 is 9.47 Å². The van der Waals surface area contributed by atoms with Gasteiger partial charge in [0, 0.05) is 32.0 Å². The van der Waals surface area contributed by atoms with Gasteiger partial charge >= 0.3 is 0 Å². The molecule has 1 N–H and O–H groups in total. The second-order valence-electron chi connectivity index (χ2n) is 8.66. The molecule has 1 fully saturated rings. The molecule has 1 saturated heterocycles. The molecule has 2 aromatic carbocycles. The zero-order chi connectivity index (χ0) is 22.2. The Kier molecular flexibility index (Phi) is 7.45. The van der Waals surface area contributed by atoms with Gasteiger partial charge in [-0.25, -0.2) is 4.98 Å². The van der Waals surface area contributed by atoms with Crippen molar-refractivity contribution in [3.05, 3.63) is 78.4 Å². The van der Waals surface area contributed by atoms with Crippen molar-refractivity contribution in [2.45, 2.75) is 44.9 Å². The van der Waals surface area contributed by atoms with Crippen LogP contribution in [0.25, 0.3) is 0 Å². The minimum absolute atomic E-state index is 0.313. The molecule has 4 rings (SSSR count). The number of aromatic nitrogens is 2. The molecule has 0 amide bonds. The molecule has 6 heteroatoms. The molecular formula is C26H33N3O3. The van der Waals surface area contributed by atoms with E-state index in [2.05, 4.69) is 26.6 Å². The Morgan fingerprint density at radius 3 is 2.72 bits per heavy atom. The third-order valence-corrected chi connectivity index (χ3v) is 5.93. The van der Waals surface area contributed by atoms with E-state index < -0.39 is 5.60 Å². The molecular weight excluding hydrogens is 402 g/mol. The normalized spacial score (nSPS) is 19.1. The fourth-order valence-electron chi connectivity index (χ4n) is 4.25. The number of aliphatic hydroxyl groups is 1. The Morgan fingerprint density at radius 2 is 1.91 bits per heavy atom. The largest absolute Gasteiger partial charge is 0.494 e. The molecule has 1 aliphatic heterocycles. The van der Waals surface area contributed by atoms with Gasteiger partial charge in [-0.05, 0) is 62.6 Å². The number of ether oxygens (including phenoxy) is 2. The molecule has 0 radical (unpaired) electrons. The highest BCUT2D eigenvalue weighted by atomic mass is 16.5. The molecule has 1 atom stereocenters. The van der Waals surface area contributed by atoms with Crippen molar-refractivity contribution in [2.24, 2.45) is 0 Å². The monoisotopic (exact) mass is 435 g/mol. The molecule has 6 nitrogen and oxygen atoms in total. The first kappa shape index (κ1) is 22.4. The summed E-state index contributed by atoms with van der Waals surface area (Å²) in [6.07, 6.45) is 6.48. The summed E-state index contributed by atoms with van der Waals surface area (Å²) in [6.45, 7) is 6.27. The number of nitrogens with zero attached hydrogens (tertiary/aromatic N) is 3. The second kappa shape index (κ2) is 10.7. The summed E-state index contributed by atoms with van der Waals surface area (Å²) in [5.74, 6) is 2.72. The van der Waals surface area contributed by atoms with Crippen molar-refractivity contribution >= 4 is 0 Å². The molecule has 32 heavy (non-hydrogen) atoms. The molecule has 0 saturated carbocycles. The zero-order valence-electron chi connectivity index (χ0n) is 18.8. The summed E-state index contributed by atoms with van der Waals surface area (Å²) in [5, 5.41) is 11.1. The summed E-state index contributed by atoms with van der Waals surface area (Å²) in [4.78, 5) is 6.55. The zero-order valence-corrected chi connectivity index (χ0v) is 18.8. The van der Waals surface area contributed by atoms with Crippen molar-refractivity contribution in [3.63, 3.8) is 0 Å². The number of para-hydroxylation sites is 1. The fraction of sp³-hybridized carbons (Fsp3) is 0.423. The van der Waals surface area contributed by atoms with Crippen LogP contribution in [-0.2, 0) is 13.1 Å². The number of aryl methyl sites for hydroxylation is 2. The Labute approximate surface area is 190 Å². The average Bonchev–Trinajstić information content (AvgIpc) is 3.21. The van der Waals surface area contributed by atoms with Crippen molar-refractivity contribution in [2.75, 3.05) is 26.3 Å². The van der Waals surface area contributed by atoms with E-state index in [4.69, 9.17) is 9.47 Å². The van der Waals surface area contributed by atoms with E-state index in [-0.39, 0.29) is 0 Å². The van der Waals surface area contributed by atoms with Crippen molar-refractivity contribution in [1.29, 1.82) is 0 Å². The van der Waals surface area contributed by atoms with Gasteiger partial charge in [0.2, 0.25) is 0 Å². The van der Waals surface area contributed by atoms with Gasteiger partial charge in [-0.3, -0.25) is 4.90 Å². The Hall–Kier alpha value is -2.83. The highest BCUT2D eigenvalue weighted by Gasteiger charge is 2.34. The highest BCUT2D eigenvalue weighted by Crippen LogP contribution is 2.25. The number of hydrogen-bond acceptors (Lipinski definition) is 5. The van der Waals surface area contributed by atoms with Crippen molar-refractivity contribution < 1.29 is 14.6 Å². The van der Waals surface area contributed by atoms with Crippen LogP contribution in [0.5, 0.6) is 11.5 Å². The number of likely N-dealkylation sites (tertiary alicyclic amines) is 1. The van der Waals surface area contributed by atoms with E-state index in [0.717, 1.165) is 56.2 Å². The van der Waals surface area contributed by atoms with Crippen LogP contribution in [0.3, 0.4) is 0 Å². The summed E-state index contributed by atoms with van der Waals surface area (Å²) >= 11 is 0. The Balaban J connectivity index is 1.25. The summed E-state index contributed by atoms with van der Waals surface area (Å²) in [5.41, 5.74) is 0.370. The predicted molar refractivity (Wildman–Crippen MR) is 125 cm³/mol. The fourth-order valence-corrected chi connectivity index (χ4v) is 4.25. The van der Waals surface area contributed by atoms with Gasteiger partial charge in [0.15, 0.2) is 0 Å². The van der Waals surface area contributed by atoms with Crippen LogP contribution in [0.15, 0.2) is 67.0 Å². The van der Waals surface area contributed by atoms with E-state index in [1.807, 2.05) is 61.8 Å². The number of imidazole rings is 1. The van der Waals surface area contributed by atoms with Crippen LogP contribution in [0.2, 0.25) is 0 Å². The topological polar surface area (TPSA) is 59.8 Å². The lowest BCUT2D eigenvalue weighted by molar-refractivity contribution is -0.0621. The molecule has 0 spiro atoms. The summed E-state index contributed by atoms with van der Waals surface area (Å²) in [7, 11) is 0. The minimum Gasteiger partial charge on any atom is -0.494 e. The molecule has 3 aromatic rings. The van der Waals surface area contributed by atoms with Crippen LogP contribution in [0.4, 0.5) is 0 Å². The quantitative estimate of drug-likeness (QED) is 0.487. The van der Waals surface area contributed by atoms with E-state index in [1.165, 1.54) is 5.56 Å². The summed E-state index contributed by atoms with van der Waals surface area (Å²) < 4.78 is 14.0. The lowest BCUT2D eigenvalue weighted by Crippen LogP contribution is -2.51. The third-order valence-electron chi connectivity index (χ3n) is 5.93. The van der Waals surface area contributed by atoms with Crippen LogP contribution in [0, 0.1) is 6.92 Å². The first-order valence-electron chi connectivity index (χ1n) is 11.4. The maximum atomic E-state index is 11.1. The summed E-state index contributed by atoms with van der Waals surface area (Å²) in [6, 6.07) is 18.0. The lowest BCUT2D eigenvalue weighted by atomic mass is 9.93. The molecule has 170 valence electrons. The van der Waals surface area contributed by atoms with Gasteiger partial charge in [-0.1, -0.05) is 30.3 Å². The first-order valence-corrected chi connectivity index (χ1v) is 11.4. The van der Waals surface area contributed by atoms with E-state index >= 15 is 0 Å². The van der Waals surface area contributed by atoms with Crippen molar-refractivity contribution in [1.82, 2.24) is 14.5 Å². The number of hydrogen-bond donors (Lipinski definition) is 1. The number of benzene rings is 2. The molecule has 1 aliphatic rings. The van der Waals surface area contributed by atoms with E-state index in [1.54, 1.807) is 0 Å². The van der Waals surface area contributed by atoms with E-state index in [0.29, 0.717) is 19.8 Å². The SMILES string of the molecule is Cc1nccn1CCCOc1cccc(CN2CCCC(O)(COc3ccccc3)C2)c1. The van der Waals surface area contributed by atoms with Gasteiger partial charge < -0.3 is 19.1 Å². The van der Waals surface area contributed by atoms with Crippen LogP contribution in [0.1, 0.15) is 30.7 Å². The first-order chi connectivity index (χ1) is 15.6. The third kappa shape index (κ3) is 6.34. The second-order valence-corrected chi connectivity index (χ2v) is 8.66. The average molecular weight is 436 g/mol. The van der Waals surface area contributed by atoms with Gasteiger partial charge in [0.05, 0.1) is 6.61 Å². The Morgan fingerprint density at radius 1 is 1.06 bits per heavy atom. The van der Waals surface area contributed by atoms with Crippen LogP contribution >= 0.6 is 0 Å². The number of rotatable bonds is 10. The minimum atomic E-state index is -0.826. The van der Waals surface area contributed by atoms with Gasteiger partial charge in [0.25, 0.3) is 0 Å². The molecule has 2 heterocycles. The maximum absolute atomic E-state index is 11.1. The molecule has 0 aliphatic carbocycles. The smallest absolute Gasteiger partial charge is 0.119 e. The van der Waals surface area contributed by atoms with Gasteiger partial charge in [0.1, 0.15) is 29.5 Å².